The summed E-state index contributed by atoms with van der Waals surface area (Å²) in [5.74, 6) is 0.720. The van der Waals surface area contributed by atoms with E-state index in [0.717, 1.165) is 26.7 Å². The highest BCUT2D eigenvalue weighted by Crippen LogP contribution is 2.45. The molecule has 0 unspecified atom stereocenters. The van der Waals surface area contributed by atoms with Crippen LogP contribution < -0.4 is 15.6 Å². The van der Waals surface area contributed by atoms with Crippen molar-refractivity contribution in [3.8, 4) is 5.75 Å². The van der Waals surface area contributed by atoms with Crippen molar-refractivity contribution in [2.45, 2.75) is 30.9 Å². The van der Waals surface area contributed by atoms with Crippen molar-refractivity contribution in [3.05, 3.63) is 141 Å². The summed E-state index contributed by atoms with van der Waals surface area (Å²) in [7, 11) is 0. The molecular weight excluding hydrogens is 654 g/mol. The summed E-state index contributed by atoms with van der Waals surface area (Å²) in [4.78, 5) is 19.3. The fourth-order valence-corrected chi connectivity index (χ4v) is 5.77. The Kier molecular flexibility index (Phi) is 11.4. The molecule has 0 aliphatic carbocycles. The molecule has 0 aromatic heterocycles. The molecule has 0 saturated heterocycles. The van der Waals surface area contributed by atoms with E-state index < -0.39 is 11.6 Å². The number of rotatable bonds is 14. The highest BCUT2D eigenvalue weighted by molar-refractivity contribution is 9.10. The van der Waals surface area contributed by atoms with Gasteiger partial charge in [0.05, 0.1) is 6.61 Å². The third-order valence-corrected chi connectivity index (χ3v) is 8.34. The quantitative estimate of drug-likeness (QED) is 0.0973. The number of amides is 1. The Morgan fingerprint density at radius 1 is 1.02 bits per heavy atom. The van der Waals surface area contributed by atoms with E-state index in [9.17, 15) is 4.79 Å². The van der Waals surface area contributed by atoms with Crippen LogP contribution in [0.3, 0.4) is 0 Å². The number of hydrogen-bond acceptors (Lipinski definition) is 6. The third-order valence-electron chi connectivity index (χ3n) is 7.39. The van der Waals surface area contributed by atoms with Crippen LogP contribution in [-0.2, 0) is 16.0 Å². The number of ether oxygens (including phenoxy) is 2. The van der Waals surface area contributed by atoms with Crippen LogP contribution in [0.5, 0.6) is 5.75 Å². The molecule has 0 bridgehead atoms. The van der Waals surface area contributed by atoms with E-state index in [1.54, 1.807) is 0 Å². The largest absolute Gasteiger partial charge is 0.494 e. The predicted molar refractivity (Wildman–Crippen MR) is 182 cm³/mol. The van der Waals surface area contributed by atoms with Crippen molar-refractivity contribution in [3.63, 3.8) is 0 Å². The van der Waals surface area contributed by atoms with E-state index in [4.69, 9.17) is 31.2 Å². The summed E-state index contributed by atoms with van der Waals surface area (Å²) in [6, 6.07) is 32.7. The molecule has 0 spiro atoms. The molecule has 7 nitrogen and oxygen atoms in total. The summed E-state index contributed by atoms with van der Waals surface area (Å²) in [5.41, 5.74) is 8.30. The SMILES string of the molecule is O=C(NNCCc1cccc(Cl)c1)[C@@]1(C/C=C/c2ccccc2)N=C(c2ccc(OCCCO)cc2)O[C@H]1c1ccccc1Br. The maximum atomic E-state index is 14.3. The zero-order valence-corrected chi connectivity index (χ0v) is 27.0. The zero-order chi connectivity index (χ0) is 31.5. The summed E-state index contributed by atoms with van der Waals surface area (Å²) in [5, 5.41) is 9.73. The standard InChI is InChI=1S/C36H35BrClN3O4/c37-32-15-5-4-14-31(32)33-36(21-7-12-26-9-2-1-3-10-26,35(43)41-39-22-20-27-11-6-13-29(38)25-27)40-34(45-33)28-16-18-30(19-17-28)44-24-8-23-42/h1-7,9-19,25,33,39,42H,8,20-24H2,(H,41,43)/b12-7+/t33-,36-/m0/s1. The summed E-state index contributed by atoms with van der Waals surface area (Å²) < 4.78 is 13.1. The van der Waals surface area contributed by atoms with Gasteiger partial charge in [-0.15, -0.1) is 0 Å². The molecule has 4 aromatic rings. The number of carbonyl (C=O) groups is 1. The smallest absolute Gasteiger partial charge is 0.266 e. The molecule has 1 amide bonds. The molecule has 1 aliphatic rings. The fraction of sp³-hybridized carbons (Fsp3) is 0.222. The average Bonchev–Trinajstić information content (AvgIpc) is 3.44. The predicted octanol–water partition coefficient (Wildman–Crippen LogP) is 7.09. The Morgan fingerprint density at radius 3 is 2.56 bits per heavy atom. The number of aliphatic hydroxyl groups excluding tert-OH is 1. The van der Waals surface area contributed by atoms with Gasteiger partial charge in [0.2, 0.25) is 5.90 Å². The topological polar surface area (TPSA) is 92.2 Å². The van der Waals surface area contributed by atoms with E-state index in [1.807, 2.05) is 115 Å². The molecule has 0 fully saturated rings. The van der Waals surface area contributed by atoms with E-state index in [0.29, 0.717) is 42.7 Å². The van der Waals surface area contributed by atoms with Gasteiger partial charge in [-0.25, -0.2) is 10.4 Å². The second-order valence-corrected chi connectivity index (χ2v) is 11.9. The number of hydrazine groups is 1. The molecule has 45 heavy (non-hydrogen) atoms. The number of nitrogens with zero attached hydrogens (tertiary/aromatic N) is 1. The van der Waals surface area contributed by atoms with Crippen LogP contribution in [0.2, 0.25) is 5.02 Å². The number of nitrogens with one attached hydrogen (secondary N) is 2. The molecule has 4 aromatic carbocycles. The van der Waals surface area contributed by atoms with Crippen LogP contribution >= 0.6 is 27.5 Å². The number of halogens is 2. The molecule has 9 heteroatoms. The molecule has 1 heterocycles. The van der Waals surface area contributed by atoms with Gasteiger partial charge in [-0.05, 0) is 60.0 Å². The highest BCUT2D eigenvalue weighted by atomic mass is 79.9. The van der Waals surface area contributed by atoms with Crippen LogP contribution in [0.1, 0.15) is 41.2 Å². The Balaban J connectivity index is 1.46. The van der Waals surface area contributed by atoms with Crippen molar-refractivity contribution < 1.29 is 19.4 Å². The van der Waals surface area contributed by atoms with Crippen LogP contribution in [0.25, 0.3) is 6.08 Å². The maximum Gasteiger partial charge on any atom is 0.266 e. The van der Waals surface area contributed by atoms with Gasteiger partial charge in [0.25, 0.3) is 5.91 Å². The molecular formula is C36H35BrClN3O4. The van der Waals surface area contributed by atoms with Gasteiger partial charge in [-0.1, -0.05) is 100 Å². The van der Waals surface area contributed by atoms with E-state index in [-0.39, 0.29) is 18.9 Å². The first kappa shape index (κ1) is 32.4. The minimum atomic E-state index is -1.33. The van der Waals surface area contributed by atoms with Crippen LogP contribution in [0.4, 0.5) is 0 Å². The van der Waals surface area contributed by atoms with Gasteiger partial charge in [0.15, 0.2) is 11.6 Å². The van der Waals surface area contributed by atoms with Gasteiger partial charge in [0, 0.05) is 46.6 Å². The number of aliphatic hydroxyl groups is 1. The molecule has 2 atom stereocenters. The van der Waals surface area contributed by atoms with Crippen molar-refractivity contribution >= 4 is 45.4 Å². The lowest BCUT2D eigenvalue weighted by Gasteiger charge is -2.30. The lowest BCUT2D eigenvalue weighted by atomic mass is 9.84. The van der Waals surface area contributed by atoms with Crippen LogP contribution in [0, 0.1) is 0 Å². The Labute approximate surface area is 277 Å². The first-order valence-electron chi connectivity index (χ1n) is 14.8. The third kappa shape index (κ3) is 8.41. The van der Waals surface area contributed by atoms with Gasteiger partial charge < -0.3 is 14.6 Å². The highest BCUT2D eigenvalue weighted by Gasteiger charge is 2.53. The molecule has 3 N–H and O–H groups in total. The summed E-state index contributed by atoms with van der Waals surface area (Å²) in [6.07, 6.45) is 4.74. The van der Waals surface area contributed by atoms with Gasteiger partial charge in [0.1, 0.15) is 5.75 Å². The van der Waals surface area contributed by atoms with Gasteiger partial charge in [-0.2, -0.15) is 0 Å². The summed E-state index contributed by atoms with van der Waals surface area (Å²) in [6.45, 7) is 0.979. The average molecular weight is 689 g/mol. The van der Waals surface area contributed by atoms with Crippen molar-refractivity contribution in [2.24, 2.45) is 4.99 Å². The molecule has 5 rings (SSSR count). The first-order valence-corrected chi connectivity index (χ1v) is 16.0. The monoisotopic (exact) mass is 687 g/mol. The number of carbonyl (C=O) groups excluding carboxylic acids is 1. The second kappa shape index (κ2) is 15.9. The zero-order valence-electron chi connectivity index (χ0n) is 24.7. The Hall–Kier alpha value is -3.95. The van der Waals surface area contributed by atoms with Crippen molar-refractivity contribution in [2.75, 3.05) is 19.8 Å². The Bertz CT molecular complexity index is 1630. The van der Waals surface area contributed by atoms with Crippen LogP contribution in [0.15, 0.2) is 119 Å². The van der Waals surface area contributed by atoms with Crippen LogP contribution in [-0.4, -0.2) is 42.2 Å². The normalized spacial score (nSPS) is 17.6. The molecule has 0 saturated carbocycles. The molecule has 0 radical (unpaired) electrons. The number of hydrogen-bond donors (Lipinski definition) is 3. The first-order chi connectivity index (χ1) is 22.0. The van der Waals surface area contributed by atoms with E-state index in [2.05, 4.69) is 26.8 Å². The minimum Gasteiger partial charge on any atom is -0.494 e. The molecule has 1 aliphatic heterocycles. The fourth-order valence-electron chi connectivity index (χ4n) is 5.07. The second-order valence-electron chi connectivity index (χ2n) is 10.6. The lowest BCUT2D eigenvalue weighted by Crippen LogP contribution is -2.52. The maximum absolute atomic E-state index is 14.3. The lowest BCUT2D eigenvalue weighted by molar-refractivity contribution is -0.129. The van der Waals surface area contributed by atoms with Crippen molar-refractivity contribution in [1.29, 1.82) is 0 Å². The van der Waals surface area contributed by atoms with E-state index in [1.165, 1.54) is 0 Å². The molecule has 232 valence electrons. The Morgan fingerprint density at radius 2 is 1.80 bits per heavy atom. The number of aliphatic imine (C=N–C) groups is 1. The minimum absolute atomic E-state index is 0.0670. The van der Waals surface area contributed by atoms with Gasteiger partial charge >= 0.3 is 0 Å². The van der Waals surface area contributed by atoms with Crippen molar-refractivity contribution in [1.82, 2.24) is 10.9 Å². The van der Waals surface area contributed by atoms with Gasteiger partial charge in [-0.3, -0.25) is 10.2 Å². The summed E-state index contributed by atoms with van der Waals surface area (Å²) >= 11 is 9.83. The number of benzene rings is 4. The van der Waals surface area contributed by atoms with E-state index >= 15 is 0 Å².